The van der Waals surface area contributed by atoms with Crippen LogP contribution < -0.4 is 5.32 Å². The zero-order valence-electron chi connectivity index (χ0n) is 17.7. The predicted octanol–water partition coefficient (Wildman–Crippen LogP) is 3.80. The lowest BCUT2D eigenvalue weighted by Gasteiger charge is -2.15. The van der Waals surface area contributed by atoms with Gasteiger partial charge in [-0.1, -0.05) is 13.8 Å². The number of hydrogen-bond acceptors (Lipinski definition) is 5. The van der Waals surface area contributed by atoms with E-state index in [9.17, 15) is 4.79 Å². The quantitative estimate of drug-likeness (QED) is 0.524. The molecule has 7 nitrogen and oxygen atoms in total. The van der Waals surface area contributed by atoms with Gasteiger partial charge in [-0.15, -0.1) is 11.3 Å². The fourth-order valence-corrected chi connectivity index (χ4v) is 5.73. The molecular weight excluding hydrogens is 396 g/mol. The van der Waals surface area contributed by atoms with Crippen LogP contribution in [0.25, 0.3) is 27.1 Å². The summed E-state index contributed by atoms with van der Waals surface area (Å²) in [6.07, 6.45) is 4.61. The Morgan fingerprint density at radius 2 is 2.20 bits per heavy atom. The maximum absolute atomic E-state index is 13.0. The van der Waals surface area contributed by atoms with Crippen LogP contribution in [0, 0.1) is 6.92 Å². The van der Waals surface area contributed by atoms with E-state index in [1.165, 1.54) is 10.3 Å². The van der Waals surface area contributed by atoms with Crippen LogP contribution in [0.4, 0.5) is 0 Å². The van der Waals surface area contributed by atoms with Crippen molar-refractivity contribution in [1.82, 2.24) is 29.8 Å². The van der Waals surface area contributed by atoms with Gasteiger partial charge < -0.3 is 15.2 Å². The van der Waals surface area contributed by atoms with Crippen molar-refractivity contribution in [2.75, 3.05) is 20.1 Å². The van der Waals surface area contributed by atoms with Crippen molar-refractivity contribution in [3.8, 4) is 11.3 Å². The van der Waals surface area contributed by atoms with Gasteiger partial charge in [-0.2, -0.15) is 5.10 Å². The van der Waals surface area contributed by atoms with Crippen LogP contribution in [0.5, 0.6) is 0 Å². The van der Waals surface area contributed by atoms with E-state index >= 15 is 0 Å². The second kappa shape index (κ2) is 7.21. The van der Waals surface area contributed by atoms with Gasteiger partial charge >= 0.3 is 0 Å². The normalized spacial score (nSPS) is 17.1. The minimum absolute atomic E-state index is 0.137. The van der Waals surface area contributed by atoms with Crippen molar-refractivity contribution < 1.29 is 4.79 Å². The molecule has 0 aromatic carbocycles. The van der Waals surface area contributed by atoms with Gasteiger partial charge in [0.1, 0.15) is 6.33 Å². The van der Waals surface area contributed by atoms with Crippen LogP contribution in [-0.2, 0) is 0 Å². The molecule has 0 bridgehead atoms. The third-order valence-corrected chi connectivity index (χ3v) is 7.18. The molecule has 0 unspecified atom stereocenters. The first kappa shape index (κ1) is 19.3. The number of nitrogens with one attached hydrogen (secondary N) is 2. The number of nitrogens with zero attached hydrogens (tertiary/aromatic N) is 4. The summed E-state index contributed by atoms with van der Waals surface area (Å²) in [5.74, 6) is 0.459. The maximum atomic E-state index is 13.0. The Morgan fingerprint density at radius 1 is 1.37 bits per heavy atom. The van der Waals surface area contributed by atoms with E-state index < -0.39 is 0 Å². The van der Waals surface area contributed by atoms with Gasteiger partial charge in [0.25, 0.3) is 5.91 Å². The molecule has 8 heteroatoms. The summed E-state index contributed by atoms with van der Waals surface area (Å²) in [6, 6.07) is 4.57. The number of H-pyrrole nitrogens is 1. The van der Waals surface area contributed by atoms with Crippen molar-refractivity contribution >= 4 is 33.1 Å². The molecule has 1 amide bonds. The highest BCUT2D eigenvalue weighted by Gasteiger charge is 2.28. The monoisotopic (exact) mass is 422 g/mol. The number of aromatic nitrogens is 4. The van der Waals surface area contributed by atoms with Gasteiger partial charge in [-0.25, -0.2) is 9.50 Å². The summed E-state index contributed by atoms with van der Waals surface area (Å²) >= 11 is 1.60. The minimum atomic E-state index is 0.137. The van der Waals surface area contributed by atoms with Gasteiger partial charge in [-0.05, 0) is 49.6 Å². The molecule has 30 heavy (non-hydrogen) atoms. The van der Waals surface area contributed by atoms with E-state index in [1.807, 2.05) is 28.7 Å². The first-order valence-electron chi connectivity index (χ1n) is 10.4. The number of carbonyl (C=O) groups is 1. The lowest BCUT2D eigenvalue weighted by atomic mass is 9.99. The Balaban J connectivity index is 1.57. The Hall–Kier alpha value is -2.71. The number of likely N-dealkylation sites (N-methyl/N-ethyl adjacent to an activating group) is 1. The second-order valence-electron chi connectivity index (χ2n) is 8.39. The van der Waals surface area contributed by atoms with E-state index in [2.05, 4.69) is 47.2 Å². The number of carbonyl (C=O) groups excluding carboxylic acids is 1. The number of aryl methyl sites for hydroxylation is 1. The summed E-state index contributed by atoms with van der Waals surface area (Å²) in [6.45, 7) is 8.05. The Kier molecular flexibility index (Phi) is 4.63. The molecule has 5 rings (SSSR count). The molecule has 0 radical (unpaired) electrons. The molecule has 1 saturated heterocycles. The molecule has 1 aliphatic heterocycles. The molecule has 2 N–H and O–H groups in total. The molecule has 1 atom stereocenters. The van der Waals surface area contributed by atoms with Crippen LogP contribution in [-0.4, -0.2) is 56.6 Å². The van der Waals surface area contributed by atoms with Crippen LogP contribution >= 0.6 is 11.3 Å². The molecule has 0 saturated carbocycles. The second-order valence-corrected chi connectivity index (χ2v) is 9.44. The summed E-state index contributed by atoms with van der Waals surface area (Å²) in [4.78, 5) is 23.7. The first-order chi connectivity index (χ1) is 14.5. The largest absolute Gasteiger partial charge is 0.354 e. The molecular formula is C22H26N6OS. The van der Waals surface area contributed by atoms with E-state index in [-0.39, 0.29) is 5.91 Å². The molecule has 0 aliphatic carbocycles. The van der Waals surface area contributed by atoms with Crippen molar-refractivity contribution in [3.05, 3.63) is 40.7 Å². The zero-order chi connectivity index (χ0) is 21.0. The third kappa shape index (κ3) is 3.02. The minimum Gasteiger partial charge on any atom is -0.354 e. The van der Waals surface area contributed by atoms with Crippen LogP contribution in [0.2, 0.25) is 0 Å². The summed E-state index contributed by atoms with van der Waals surface area (Å²) < 4.78 is 2.99. The third-order valence-electron chi connectivity index (χ3n) is 6.03. The van der Waals surface area contributed by atoms with E-state index in [0.717, 1.165) is 52.4 Å². The van der Waals surface area contributed by atoms with Crippen LogP contribution in [0.3, 0.4) is 0 Å². The lowest BCUT2D eigenvalue weighted by molar-refractivity contribution is 0.0794. The van der Waals surface area contributed by atoms with E-state index in [1.54, 1.807) is 17.7 Å². The van der Waals surface area contributed by atoms with Gasteiger partial charge in [0.05, 0.1) is 20.8 Å². The van der Waals surface area contributed by atoms with Gasteiger partial charge in [0.2, 0.25) is 0 Å². The number of hydrogen-bond donors (Lipinski definition) is 2. The number of rotatable bonds is 4. The SMILES string of the molecule is CN[C@@H]1CCN(C(=O)c2cc3[nH]c(-c4cc(C)c5ncnn5c4)c(C(C)C)c3s2)C1. The highest BCUT2D eigenvalue weighted by atomic mass is 32.1. The number of aromatic amines is 1. The molecule has 0 spiro atoms. The fourth-order valence-electron chi connectivity index (χ4n) is 4.45. The predicted molar refractivity (Wildman–Crippen MR) is 120 cm³/mol. The number of pyridine rings is 1. The Labute approximate surface area is 179 Å². The van der Waals surface area contributed by atoms with Gasteiger partial charge in [0.15, 0.2) is 5.65 Å². The number of thiophene rings is 1. The molecule has 1 fully saturated rings. The Morgan fingerprint density at radius 3 is 2.93 bits per heavy atom. The van der Waals surface area contributed by atoms with Crippen molar-refractivity contribution in [1.29, 1.82) is 0 Å². The molecule has 156 valence electrons. The summed E-state index contributed by atoms with van der Waals surface area (Å²) in [7, 11) is 1.96. The topological polar surface area (TPSA) is 78.3 Å². The van der Waals surface area contributed by atoms with Crippen LogP contribution in [0.1, 0.15) is 47.0 Å². The van der Waals surface area contributed by atoms with Crippen molar-refractivity contribution in [2.24, 2.45) is 0 Å². The number of fused-ring (bicyclic) bond motifs is 2. The average Bonchev–Trinajstić information content (AvgIpc) is 3.48. The standard InChI is InChI=1S/C22H26N6OS/c1-12(2)18-19(14-7-13(3)21-24-11-25-28(21)9-14)26-16-8-17(30-20(16)18)22(29)27-6-5-15(10-27)23-4/h7-9,11-12,15,23,26H,5-6,10H2,1-4H3/t15-/m1/s1. The Bertz CT molecular complexity index is 1250. The lowest BCUT2D eigenvalue weighted by Crippen LogP contribution is -2.33. The summed E-state index contributed by atoms with van der Waals surface area (Å²) in [5, 5.41) is 7.59. The van der Waals surface area contributed by atoms with E-state index in [0.29, 0.717) is 12.0 Å². The van der Waals surface area contributed by atoms with Gasteiger partial charge in [0, 0.05) is 30.9 Å². The molecule has 4 aromatic rings. The molecule has 5 heterocycles. The zero-order valence-corrected chi connectivity index (χ0v) is 18.5. The van der Waals surface area contributed by atoms with E-state index in [4.69, 9.17) is 0 Å². The molecule has 1 aliphatic rings. The number of likely N-dealkylation sites (tertiary alicyclic amines) is 1. The van der Waals surface area contributed by atoms with Crippen molar-refractivity contribution in [2.45, 2.75) is 39.2 Å². The first-order valence-corrected chi connectivity index (χ1v) is 11.2. The van der Waals surface area contributed by atoms with Crippen molar-refractivity contribution in [3.63, 3.8) is 0 Å². The number of amides is 1. The maximum Gasteiger partial charge on any atom is 0.264 e. The fraction of sp³-hybridized carbons (Fsp3) is 0.409. The highest BCUT2D eigenvalue weighted by molar-refractivity contribution is 7.21. The smallest absolute Gasteiger partial charge is 0.264 e. The summed E-state index contributed by atoms with van der Waals surface area (Å²) in [5.41, 5.74) is 6.42. The van der Waals surface area contributed by atoms with Gasteiger partial charge in [-0.3, -0.25) is 4.79 Å². The molecule has 4 aromatic heterocycles. The van der Waals surface area contributed by atoms with Crippen LogP contribution in [0.15, 0.2) is 24.7 Å². The average molecular weight is 423 g/mol. The highest BCUT2D eigenvalue weighted by Crippen LogP contribution is 2.40.